The average molecular weight is 371 g/mol. The molecule has 1 saturated heterocycles. The van der Waals surface area contributed by atoms with Crippen molar-refractivity contribution in [3.8, 4) is 11.5 Å². The van der Waals surface area contributed by atoms with E-state index in [1.807, 2.05) is 11.0 Å². The first kappa shape index (κ1) is 17.6. The van der Waals surface area contributed by atoms with E-state index < -0.39 is 0 Å². The van der Waals surface area contributed by atoms with E-state index in [1.54, 1.807) is 20.3 Å². The molecule has 27 heavy (non-hydrogen) atoms. The molecule has 2 aliphatic rings. The van der Waals surface area contributed by atoms with Gasteiger partial charge in [0.15, 0.2) is 11.5 Å². The van der Waals surface area contributed by atoms with Gasteiger partial charge in [0.05, 0.1) is 19.7 Å². The van der Waals surface area contributed by atoms with E-state index in [0.29, 0.717) is 67.3 Å². The quantitative estimate of drug-likeness (QED) is 0.854. The van der Waals surface area contributed by atoms with Crippen LogP contribution in [0.1, 0.15) is 19.3 Å². The molecular formula is C19H25N5O3. The Morgan fingerprint density at radius 1 is 1.11 bits per heavy atom. The zero-order valence-corrected chi connectivity index (χ0v) is 15.8. The topological polar surface area (TPSA) is 93.8 Å². The molecule has 0 bridgehead atoms. The molecule has 144 valence electrons. The van der Waals surface area contributed by atoms with Crippen molar-refractivity contribution < 1.29 is 14.3 Å². The number of hydrogen-bond acceptors (Lipinski definition) is 7. The van der Waals surface area contributed by atoms with Gasteiger partial charge < -0.3 is 25.0 Å². The van der Waals surface area contributed by atoms with Crippen molar-refractivity contribution in [3.05, 3.63) is 12.1 Å². The number of nitrogens with two attached hydrogens (primary N) is 1. The predicted octanol–water partition coefficient (Wildman–Crippen LogP) is 1.68. The lowest BCUT2D eigenvalue weighted by atomic mass is 10.2. The minimum atomic E-state index is 0.271. The summed E-state index contributed by atoms with van der Waals surface area (Å²) in [6.07, 6.45) is 3.09. The molecule has 0 unspecified atom stereocenters. The zero-order chi connectivity index (χ0) is 19.0. The van der Waals surface area contributed by atoms with Gasteiger partial charge in [-0.05, 0) is 24.8 Å². The molecule has 2 heterocycles. The number of piperazine rings is 1. The Labute approximate surface area is 158 Å². The Bertz CT molecular complexity index is 860. The van der Waals surface area contributed by atoms with Crippen molar-refractivity contribution in [2.24, 2.45) is 5.92 Å². The highest BCUT2D eigenvalue weighted by atomic mass is 16.5. The van der Waals surface area contributed by atoms with Gasteiger partial charge in [0.2, 0.25) is 11.9 Å². The van der Waals surface area contributed by atoms with Crippen molar-refractivity contribution in [1.82, 2.24) is 14.9 Å². The third-order valence-electron chi connectivity index (χ3n) is 5.29. The summed E-state index contributed by atoms with van der Waals surface area (Å²) in [5.74, 6) is 3.07. The summed E-state index contributed by atoms with van der Waals surface area (Å²) in [6, 6.07) is 3.60. The minimum absolute atomic E-state index is 0.271. The van der Waals surface area contributed by atoms with Crippen LogP contribution in [0.5, 0.6) is 11.5 Å². The van der Waals surface area contributed by atoms with E-state index in [9.17, 15) is 4.79 Å². The summed E-state index contributed by atoms with van der Waals surface area (Å²) in [4.78, 5) is 25.5. The number of carbonyl (C=O) groups excluding carboxylic acids is 1. The second-order valence-electron chi connectivity index (χ2n) is 7.15. The van der Waals surface area contributed by atoms with Gasteiger partial charge in [-0.2, -0.15) is 4.98 Å². The Kier molecular flexibility index (Phi) is 4.63. The smallest absolute Gasteiger partial charge is 0.228 e. The lowest BCUT2D eigenvalue weighted by Crippen LogP contribution is -2.49. The first-order valence-electron chi connectivity index (χ1n) is 9.31. The molecule has 1 amide bonds. The number of fused-ring (bicyclic) bond motifs is 1. The number of carbonyl (C=O) groups is 1. The number of anilines is 2. The van der Waals surface area contributed by atoms with Crippen LogP contribution < -0.4 is 20.1 Å². The van der Waals surface area contributed by atoms with Crippen molar-refractivity contribution >= 4 is 28.6 Å². The molecule has 1 aromatic heterocycles. The largest absolute Gasteiger partial charge is 0.493 e. The number of benzene rings is 1. The van der Waals surface area contributed by atoms with Crippen LogP contribution >= 0.6 is 0 Å². The van der Waals surface area contributed by atoms with E-state index in [0.717, 1.165) is 5.39 Å². The summed E-state index contributed by atoms with van der Waals surface area (Å²) in [5, 5.41) is 0.731. The van der Waals surface area contributed by atoms with Crippen molar-refractivity contribution in [3.63, 3.8) is 0 Å². The van der Waals surface area contributed by atoms with E-state index in [1.165, 1.54) is 12.8 Å². The first-order valence-corrected chi connectivity index (χ1v) is 9.31. The molecular weight excluding hydrogens is 346 g/mol. The monoisotopic (exact) mass is 371 g/mol. The van der Waals surface area contributed by atoms with E-state index in [-0.39, 0.29) is 5.91 Å². The number of nitrogen functional groups attached to an aromatic ring is 1. The molecule has 8 nitrogen and oxygen atoms in total. The molecule has 0 radical (unpaired) electrons. The maximum Gasteiger partial charge on any atom is 0.228 e. The van der Waals surface area contributed by atoms with Gasteiger partial charge in [-0.1, -0.05) is 0 Å². The summed E-state index contributed by atoms with van der Waals surface area (Å²) < 4.78 is 10.7. The second-order valence-corrected chi connectivity index (χ2v) is 7.15. The number of methoxy groups -OCH3 is 2. The third-order valence-corrected chi connectivity index (χ3v) is 5.29. The van der Waals surface area contributed by atoms with E-state index in [4.69, 9.17) is 15.2 Å². The summed E-state index contributed by atoms with van der Waals surface area (Å²) in [5.41, 5.74) is 6.89. The second kappa shape index (κ2) is 7.09. The number of rotatable bonds is 5. The van der Waals surface area contributed by atoms with Crippen LogP contribution in [0.4, 0.5) is 11.8 Å². The molecule has 8 heteroatoms. The SMILES string of the molecule is COc1cc2nc(N3CCN(C(=O)CC4CC4)CC3)nc(N)c2cc1OC. The number of nitrogens with zero attached hydrogens (tertiary/aromatic N) is 4. The minimum Gasteiger partial charge on any atom is -0.493 e. The van der Waals surface area contributed by atoms with Gasteiger partial charge in [0, 0.05) is 44.1 Å². The molecule has 4 rings (SSSR count). The summed E-state index contributed by atoms with van der Waals surface area (Å²) in [6.45, 7) is 2.79. The van der Waals surface area contributed by atoms with Gasteiger partial charge in [0.1, 0.15) is 5.82 Å². The molecule has 1 aliphatic carbocycles. The van der Waals surface area contributed by atoms with Crippen LogP contribution in [0.3, 0.4) is 0 Å². The number of hydrogen-bond donors (Lipinski definition) is 1. The molecule has 1 aromatic carbocycles. The predicted molar refractivity (Wildman–Crippen MR) is 103 cm³/mol. The fourth-order valence-corrected chi connectivity index (χ4v) is 3.46. The molecule has 2 fully saturated rings. The highest BCUT2D eigenvalue weighted by molar-refractivity contribution is 5.91. The fraction of sp³-hybridized carbons (Fsp3) is 0.526. The van der Waals surface area contributed by atoms with Crippen molar-refractivity contribution in [1.29, 1.82) is 0 Å². The Morgan fingerprint density at radius 3 is 2.41 bits per heavy atom. The number of aromatic nitrogens is 2. The molecule has 0 atom stereocenters. The maximum atomic E-state index is 12.3. The van der Waals surface area contributed by atoms with Crippen LogP contribution in [0, 0.1) is 5.92 Å². The Balaban J connectivity index is 1.52. The summed E-state index contributed by atoms with van der Waals surface area (Å²) >= 11 is 0. The van der Waals surface area contributed by atoms with Crippen LogP contribution in [0.15, 0.2) is 12.1 Å². The van der Waals surface area contributed by atoms with Crippen molar-refractivity contribution in [2.45, 2.75) is 19.3 Å². The van der Waals surface area contributed by atoms with Crippen LogP contribution in [-0.2, 0) is 4.79 Å². The van der Waals surface area contributed by atoms with Gasteiger partial charge >= 0.3 is 0 Å². The van der Waals surface area contributed by atoms with Crippen LogP contribution in [0.2, 0.25) is 0 Å². The number of amides is 1. The third kappa shape index (κ3) is 3.56. The van der Waals surface area contributed by atoms with Gasteiger partial charge in [-0.3, -0.25) is 4.79 Å². The lowest BCUT2D eigenvalue weighted by Gasteiger charge is -2.35. The van der Waals surface area contributed by atoms with Gasteiger partial charge in [-0.15, -0.1) is 0 Å². The molecule has 2 aromatic rings. The fourth-order valence-electron chi connectivity index (χ4n) is 3.46. The highest BCUT2D eigenvalue weighted by Gasteiger charge is 2.29. The van der Waals surface area contributed by atoms with Crippen molar-refractivity contribution in [2.75, 3.05) is 51.0 Å². The first-order chi connectivity index (χ1) is 13.1. The summed E-state index contributed by atoms with van der Waals surface area (Å²) in [7, 11) is 3.17. The maximum absolute atomic E-state index is 12.3. The van der Waals surface area contributed by atoms with E-state index >= 15 is 0 Å². The Hall–Kier alpha value is -2.77. The molecule has 1 saturated carbocycles. The van der Waals surface area contributed by atoms with E-state index in [2.05, 4.69) is 14.9 Å². The van der Waals surface area contributed by atoms with Crippen LogP contribution in [-0.4, -0.2) is 61.2 Å². The molecule has 1 aliphatic heterocycles. The zero-order valence-electron chi connectivity index (χ0n) is 15.8. The lowest BCUT2D eigenvalue weighted by molar-refractivity contribution is -0.131. The molecule has 2 N–H and O–H groups in total. The van der Waals surface area contributed by atoms with Crippen LogP contribution in [0.25, 0.3) is 10.9 Å². The van der Waals surface area contributed by atoms with Gasteiger partial charge in [0.25, 0.3) is 0 Å². The number of ether oxygens (including phenoxy) is 2. The normalized spacial score (nSPS) is 17.3. The highest BCUT2D eigenvalue weighted by Crippen LogP contribution is 2.35. The molecule has 0 spiro atoms. The standard InChI is InChI=1S/C19H25N5O3/c1-26-15-10-13-14(11-16(15)27-2)21-19(22-18(13)20)24-7-5-23(6-8-24)17(25)9-12-3-4-12/h10-12H,3-9H2,1-2H3,(H2,20,21,22). The average Bonchev–Trinajstić information content (AvgIpc) is 3.51. The van der Waals surface area contributed by atoms with Gasteiger partial charge in [-0.25, -0.2) is 4.98 Å². The Morgan fingerprint density at radius 2 is 1.78 bits per heavy atom.